The van der Waals surface area contributed by atoms with Crippen molar-refractivity contribution < 1.29 is 36.5 Å². The Kier molecular flexibility index (Phi) is 11.5. The summed E-state index contributed by atoms with van der Waals surface area (Å²) in [7, 11) is 0.0237. The van der Waals surface area contributed by atoms with Crippen molar-refractivity contribution in [3.63, 3.8) is 0 Å². The minimum absolute atomic E-state index is 0.0292. The molecule has 4 aromatic rings. The maximum absolute atomic E-state index is 15.9. The third-order valence-corrected chi connectivity index (χ3v) is 10.0. The molecule has 2 aromatic carbocycles. The number of ether oxygens (including phenoxy) is 5. The molecule has 2 atom stereocenters. The van der Waals surface area contributed by atoms with Gasteiger partial charge in [0.2, 0.25) is 0 Å². The lowest BCUT2D eigenvalue weighted by Gasteiger charge is -2.32. The highest BCUT2D eigenvalue weighted by atomic mass is 35.5. The van der Waals surface area contributed by atoms with Crippen LogP contribution in [-0.4, -0.2) is 68.8 Å². The summed E-state index contributed by atoms with van der Waals surface area (Å²) < 4.78 is 74.7. The van der Waals surface area contributed by atoms with E-state index in [-0.39, 0.29) is 41.9 Å². The second-order valence-corrected chi connectivity index (χ2v) is 13.0. The maximum atomic E-state index is 15.9. The van der Waals surface area contributed by atoms with Crippen LogP contribution in [0.4, 0.5) is 10.2 Å². The third-order valence-electron chi connectivity index (χ3n) is 7.94. The summed E-state index contributed by atoms with van der Waals surface area (Å²) in [6.45, 7) is 0.914. The first-order valence-electron chi connectivity index (χ1n) is 15.0. The Morgan fingerprint density at radius 1 is 1.00 bits per heavy atom. The molecule has 15 heteroatoms. The van der Waals surface area contributed by atoms with E-state index in [0.717, 1.165) is 41.4 Å². The fraction of sp³-hybridized carbons (Fsp3) is 0.406. The zero-order chi connectivity index (χ0) is 33.4. The highest BCUT2D eigenvalue weighted by molar-refractivity contribution is 7.92. The fourth-order valence-corrected chi connectivity index (χ4v) is 7.32. The number of hydrogen-bond donors (Lipinski definition) is 0. The van der Waals surface area contributed by atoms with Crippen LogP contribution in [0.15, 0.2) is 66.1 Å². The van der Waals surface area contributed by atoms with Crippen LogP contribution in [0.5, 0.6) is 17.2 Å². The largest absolute Gasteiger partial charge is 0.497 e. The molecule has 47 heavy (non-hydrogen) atoms. The van der Waals surface area contributed by atoms with E-state index in [1.165, 1.54) is 32.8 Å². The van der Waals surface area contributed by atoms with Crippen molar-refractivity contribution in [1.29, 1.82) is 0 Å². The highest BCUT2D eigenvalue weighted by Crippen LogP contribution is 2.40. The smallest absolute Gasteiger partial charge is 0.268 e. The monoisotopic (exact) mass is 689 g/mol. The Hall–Kier alpha value is -3.98. The van der Waals surface area contributed by atoms with Crippen LogP contribution in [0.1, 0.15) is 42.9 Å². The second-order valence-electron chi connectivity index (χ2n) is 10.8. The predicted octanol–water partition coefficient (Wildman–Crippen LogP) is 5.60. The molecule has 2 heterocycles. The number of nitrogens with zero attached hydrogens (tertiary/aromatic N) is 5. The molecule has 5 rings (SSSR count). The molecule has 0 unspecified atom stereocenters. The Morgan fingerprint density at radius 2 is 1.83 bits per heavy atom. The van der Waals surface area contributed by atoms with Gasteiger partial charge in [0.1, 0.15) is 52.9 Å². The van der Waals surface area contributed by atoms with Crippen molar-refractivity contribution in [2.75, 3.05) is 38.8 Å². The van der Waals surface area contributed by atoms with E-state index < -0.39 is 20.7 Å². The molecular formula is C32H37ClFN5O7S. The summed E-state index contributed by atoms with van der Waals surface area (Å²) in [6.07, 6.45) is 7.38. The van der Waals surface area contributed by atoms with Gasteiger partial charge in [0.05, 0.1) is 39.0 Å². The number of aromatic nitrogens is 4. The van der Waals surface area contributed by atoms with Gasteiger partial charge in [0, 0.05) is 54.9 Å². The van der Waals surface area contributed by atoms with Crippen LogP contribution in [0, 0.1) is 5.82 Å². The number of anilines is 1. The first-order valence-corrected chi connectivity index (χ1v) is 16.8. The molecule has 0 N–H and O–H groups in total. The average Bonchev–Trinajstić information content (AvgIpc) is 3.55. The highest BCUT2D eigenvalue weighted by Gasteiger charge is 2.34. The normalized spacial score (nSPS) is 16.5. The van der Waals surface area contributed by atoms with E-state index in [0.29, 0.717) is 36.7 Å². The van der Waals surface area contributed by atoms with Gasteiger partial charge < -0.3 is 23.7 Å². The van der Waals surface area contributed by atoms with Crippen LogP contribution in [-0.2, 0) is 32.8 Å². The van der Waals surface area contributed by atoms with Crippen LogP contribution in [0.2, 0.25) is 5.02 Å². The van der Waals surface area contributed by atoms with Crippen molar-refractivity contribution in [1.82, 2.24) is 19.7 Å². The zero-order valence-electron chi connectivity index (χ0n) is 26.3. The Morgan fingerprint density at radius 3 is 2.57 bits per heavy atom. The number of methoxy groups -OCH3 is 3. The van der Waals surface area contributed by atoms with Gasteiger partial charge in [-0.25, -0.2) is 31.8 Å². The molecule has 0 saturated heterocycles. The molecular weight excluding hydrogens is 653 g/mol. The number of halogens is 2. The molecule has 2 aromatic heterocycles. The van der Waals surface area contributed by atoms with Crippen molar-refractivity contribution in [3.05, 3.63) is 83.3 Å². The van der Waals surface area contributed by atoms with Crippen molar-refractivity contribution in [3.8, 4) is 17.2 Å². The van der Waals surface area contributed by atoms with Gasteiger partial charge in [0.15, 0.2) is 0 Å². The molecule has 1 aliphatic rings. The Labute approximate surface area is 278 Å². The van der Waals surface area contributed by atoms with E-state index in [1.54, 1.807) is 36.2 Å². The number of benzene rings is 2. The molecule has 252 valence electrons. The maximum Gasteiger partial charge on any atom is 0.268 e. The fourth-order valence-electron chi connectivity index (χ4n) is 5.57. The van der Waals surface area contributed by atoms with Gasteiger partial charge in [-0.3, -0.25) is 0 Å². The van der Waals surface area contributed by atoms with Crippen molar-refractivity contribution in [2.45, 2.75) is 55.9 Å². The first kappa shape index (κ1) is 34.4. The molecule has 0 bridgehead atoms. The first-order chi connectivity index (χ1) is 22.8. The average molecular weight is 690 g/mol. The third kappa shape index (κ3) is 7.95. The number of rotatable bonds is 15. The molecule has 1 fully saturated rings. The topological polar surface area (TPSA) is 127 Å². The lowest BCUT2D eigenvalue weighted by atomic mass is 9.84. The standard InChI is InChI=1S/C32H37ClFN5O7S/c1-42-14-15-45-21-38-27(10-13-37-38)24-6-4-5-7-28(24)46-30-18-26(34)31(17-25(30)33)47(40,41)39(32-11-12-35-20-36-32)19-22-8-9-23(43-2)16-29(22)44-3/h8-13,16-18,20,24,28H,4-7,14-15,19,21H2,1-3H3/t24-,28+/m1/s1. The molecule has 0 radical (unpaired) electrons. The van der Waals surface area contributed by atoms with E-state index >= 15 is 4.39 Å². The second kappa shape index (κ2) is 15.7. The summed E-state index contributed by atoms with van der Waals surface area (Å²) in [5.74, 6) is -0.0997. The van der Waals surface area contributed by atoms with Crippen LogP contribution >= 0.6 is 11.6 Å². The van der Waals surface area contributed by atoms with Crippen molar-refractivity contribution >= 4 is 27.4 Å². The van der Waals surface area contributed by atoms with Gasteiger partial charge in [-0.2, -0.15) is 5.10 Å². The van der Waals surface area contributed by atoms with Gasteiger partial charge >= 0.3 is 0 Å². The predicted molar refractivity (Wildman–Crippen MR) is 172 cm³/mol. The minimum atomic E-state index is -4.55. The summed E-state index contributed by atoms with van der Waals surface area (Å²) in [5, 5.41) is 4.36. The number of sulfonamides is 1. The quantitative estimate of drug-likeness (QED) is 0.146. The summed E-state index contributed by atoms with van der Waals surface area (Å²) in [5.41, 5.74) is 1.42. The van der Waals surface area contributed by atoms with Crippen LogP contribution in [0.3, 0.4) is 0 Å². The van der Waals surface area contributed by atoms with Gasteiger partial charge in [-0.1, -0.05) is 18.0 Å². The van der Waals surface area contributed by atoms with E-state index in [9.17, 15) is 8.42 Å². The van der Waals surface area contributed by atoms with E-state index in [2.05, 4.69) is 15.1 Å². The lowest BCUT2D eigenvalue weighted by Crippen LogP contribution is -2.32. The summed E-state index contributed by atoms with van der Waals surface area (Å²) in [4.78, 5) is 7.40. The van der Waals surface area contributed by atoms with Crippen LogP contribution < -0.4 is 18.5 Å². The number of hydrogen-bond acceptors (Lipinski definition) is 10. The van der Waals surface area contributed by atoms with Gasteiger partial charge in [-0.05, 0) is 43.5 Å². The van der Waals surface area contributed by atoms with Gasteiger partial charge in [-0.15, -0.1) is 0 Å². The molecule has 0 amide bonds. The molecule has 0 aliphatic heterocycles. The SMILES string of the molecule is COCCOCn1nccc1[C@H]1CCCC[C@@H]1Oc1cc(F)c(S(=O)(=O)N(Cc2ccc(OC)cc2OC)c2ccncn2)cc1Cl. The minimum Gasteiger partial charge on any atom is -0.497 e. The van der Waals surface area contributed by atoms with E-state index in [1.807, 2.05) is 6.07 Å². The van der Waals surface area contributed by atoms with Gasteiger partial charge in [0.25, 0.3) is 10.0 Å². The van der Waals surface area contributed by atoms with Crippen molar-refractivity contribution in [2.24, 2.45) is 0 Å². The zero-order valence-corrected chi connectivity index (χ0v) is 27.9. The molecule has 12 nitrogen and oxygen atoms in total. The molecule has 1 aliphatic carbocycles. The lowest BCUT2D eigenvalue weighted by molar-refractivity contribution is 0.0250. The molecule has 1 saturated carbocycles. The molecule has 0 spiro atoms. The van der Waals surface area contributed by atoms with E-state index in [4.69, 9.17) is 35.3 Å². The van der Waals surface area contributed by atoms with Crippen LogP contribution in [0.25, 0.3) is 0 Å². The summed E-state index contributed by atoms with van der Waals surface area (Å²) >= 11 is 6.64. The Bertz CT molecular complexity index is 1750. The summed E-state index contributed by atoms with van der Waals surface area (Å²) in [6, 6.07) is 10.4. The Balaban J connectivity index is 1.43.